The number of methoxy groups -OCH3 is 1. The van der Waals surface area contributed by atoms with Crippen molar-refractivity contribution < 1.29 is 19.2 Å². The quantitative estimate of drug-likeness (QED) is 0.296. The van der Waals surface area contributed by atoms with Crippen LogP contribution in [-0.2, 0) is 10.5 Å². The summed E-state index contributed by atoms with van der Waals surface area (Å²) < 4.78 is 4.99. The second kappa shape index (κ2) is 10.4. The zero-order valence-corrected chi connectivity index (χ0v) is 17.6. The molecule has 0 fully saturated rings. The highest BCUT2D eigenvalue weighted by Gasteiger charge is 2.15. The van der Waals surface area contributed by atoms with Gasteiger partial charge in [0.1, 0.15) is 0 Å². The third-order valence-electron chi connectivity index (χ3n) is 4.39. The molecule has 3 aromatic carbocycles. The number of carbonyl (C=O) groups is 2. The lowest BCUT2D eigenvalue weighted by Crippen LogP contribution is -2.14. The largest absolute Gasteiger partial charge is 0.490 e. The molecule has 0 aliphatic carbocycles. The number of ketones is 1. The highest BCUT2D eigenvalue weighted by molar-refractivity contribution is 7.99. The molecular formula is C23H20N2O5S. The molecule has 0 saturated heterocycles. The van der Waals surface area contributed by atoms with Gasteiger partial charge < -0.3 is 10.1 Å². The first kappa shape index (κ1) is 22.0. The first-order valence-electron chi connectivity index (χ1n) is 9.36. The minimum absolute atomic E-state index is 0.107. The minimum atomic E-state index is -0.497. The van der Waals surface area contributed by atoms with E-state index < -0.39 is 4.92 Å². The Balaban J connectivity index is 1.56. The number of amides is 1. The van der Waals surface area contributed by atoms with Crippen LogP contribution < -0.4 is 10.1 Å². The summed E-state index contributed by atoms with van der Waals surface area (Å²) in [6.07, 6.45) is 0. The van der Waals surface area contributed by atoms with E-state index in [4.69, 9.17) is 4.74 Å². The fourth-order valence-corrected chi connectivity index (χ4v) is 3.70. The molecule has 0 saturated carbocycles. The lowest BCUT2D eigenvalue weighted by Gasteiger charge is -2.08. The Morgan fingerprint density at radius 1 is 1.00 bits per heavy atom. The van der Waals surface area contributed by atoms with Gasteiger partial charge in [0.15, 0.2) is 11.5 Å². The van der Waals surface area contributed by atoms with Gasteiger partial charge in [0.25, 0.3) is 0 Å². The van der Waals surface area contributed by atoms with E-state index in [1.54, 1.807) is 60.7 Å². The van der Waals surface area contributed by atoms with Gasteiger partial charge in [-0.25, -0.2) is 0 Å². The summed E-state index contributed by atoms with van der Waals surface area (Å²) in [5, 5.41) is 13.9. The standard InChI is InChI=1S/C23H20N2O5S/c1-30-21-11-10-16(12-20(21)25(28)29)14-31-15-22(26)24-19-9-5-8-18(13-19)23(27)17-6-3-2-4-7-17/h2-13H,14-15H2,1H3,(H,24,26). The number of hydrogen-bond donors (Lipinski definition) is 1. The number of anilines is 1. The molecule has 0 spiro atoms. The molecule has 8 heteroatoms. The Morgan fingerprint density at radius 2 is 1.74 bits per heavy atom. The summed E-state index contributed by atoms with van der Waals surface area (Å²) in [7, 11) is 1.38. The van der Waals surface area contributed by atoms with Crippen LogP contribution in [0.4, 0.5) is 11.4 Å². The van der Waals surface area contributed by atoms with Crippen LogP contribution in [0.2, 0.25) is 0 Å². The van der Waals surface area contributed by atoms with Crippen LogP contribution >= 0.6 is 11.8 Å². The number of carbonyl (C=O) groups excluding carboxylic acids is 2. The average molecular weight is 436 g/mol. The lowest BCUT2D eigenvalue weighted by atomic mass is 10.0. The smallest absolute Gasteiger partial charge is 0.311 e. The molecule has 0 aromatic heterocycles. The van der Waals surface area contributed by atoms with Gasteiger partial charge >= 0.3 is 5.69 Å². The summed E-state index contributed by atoms with van der Waals surface area (Å²) in [6, 6.07) is 20.4. The van der Waals surface area contributed by atoms with Crippen LogP contribution in [0.5, 0.6) is 5.75 Å². The van der Waals surface area contributed by atoms with Gasteiger partial charge in [-0.1, -0.05) is 48.5 Å². The van der Waals surface area contributed by atoms with Crippen molar-refractivity contribution in [2.24, 2.45) is 0 Å². The minimum Gasteiger partial charge on any atom is -0.490 e. The number of benzene rings is 3. The third-order valence-corrected chi connectivity index (χ3v) is 5.39. The number of ether oxygens (including phenoxy) is 1. The molecule has 0 atom stereocenters. The molecule has 0 heterocycles. The van der Waals surface area contributed by atoms with Crippen LogP contribution in [0.25, 0.3) is 0 Å². The van der Waals surface area contributed by atoms with Crippen molar-refractivity contribution in [3.8, 4) is 5.75 Å². The Labute approximate surface area is 183 Å². The van der Waals surface area contributed by atoms with Gasteiger partial charge in [0, 0.05) is 28.6 Å². The molecule has 1 amide bonds. The number of nitrogens with one attached hydrogen (secondary N) is 1. The highest BCUT2D eigenvalue weighted by atomic mass is 32.2. The number of nitrogens with zero attached hydrogens (tertiary/aromatic N) is 1. The maximum Gasteiger partial charge on any atom is 0.311 e. The van der Waals surface area contributed by atoms with Crippen molar-refractivity contribution in [1.82, 2.24) is 0 Å². The van der Waals surface area contributed by atoms with Gasteiger partial charge in [-0.05, 0) is 23.8 Å². The second-order valence-electron chi connectivity index (χ2n) is 6.58. The molecule has 0 bridgehead atoms. The second-order valence-corrected chi connectivity index (χ2v) is 7.57. The number of rotatable bonds is 9. The van der Waals surface area contributed by atoms with Crippen LogP contribution in [0, 0.1) is 10.1 Å². The van der Waals surface area contributed by atoms with Crippen LogP contribution in [-0.4, -0.2) is 29.5 Å². The molecule has 0 radical (unpaired) electrons. The van der Waals surface area contributed by atoms with Crippen molar-refractivity contribution in [2.75, 3.05) is 18.2 Å². The monoisotopic (exact) mass is 436 g/mol. The molecule has 0 aliphatic heterocycles. The highest BCUT2D eigenvalue weighted by Crippen LogP contribution is 2.29. The summed E-state index contributed by atoms with van der Waals surface area (Å²) in [5.74, 6) is 0.451. The van der Waals surface area contributed by atoms with Crippen molar-refractivity contribution >= 4 is 34.8 Å². The fraction of sp³-hybridized carbons (Fsp3) is 0.130. The lowest BCUT2D eigenvalue weighted by molar-refractivity contribution is -0.385. The first-order valence-corrected chi connectivity index (χ1v) is 10.5. The van der Waals surface area contributed by atoms with Gasteiger partial charge in [-0.3, -0.25) is 19.7 Å². The molecule has 0 unspecified atom stereocenters. The number of nitro benzene ring substituents is 1. The molecule has 158 valence electrons. The summed E-state index contributed by atoms with van der Waals surface area (Å²) in [5.41, 5.74) is 2.22. The summed E-state index contributed by atoms with van der Waals surface area (Å²) >= 11 is 1.33. The zero-order valence-electron chi connectivity index (χ0n) is 16.7. The van der Waals surface area contributed by atoms with Gasteiger partial charge in [-0.15, -0.1) is 11.8 Å². The van der Waals surface area contributed by atoms with E-state index in [-0.39, 0.29) is 28.9 Å². The molecule has 0 aliphatic rings. The van der Waals surface area contributed by atoms with E-state index in [1.807, 2.05) is 6.07 Å². The van der Waals surface area contributed by atoms with Crippen molar-refractivity contribution in [1.29, 1.82) is 0 Å². The topological polar surface area (TPSA) is 98.5 Å². The summed E-state index contributed by atoms with van der Waals surface area (Å²) in [6.45, 7) is 0. The Hall–Kier alpha value is -3.65. The predicted octanol–water partition coefficient (Wildman–Crippen LogP) is 4.71. The third kappa shape index (κ3) is 5.93. The maximum absolute atomic E-state index is 12.6. The predicted molar refractivity (Wildman–Crippen MR) is 121 cm³/mol. The van der Waals surface area contributed by atoms with Crippen molar-refractivity contribution in [3.63, 3.8) is 0 Å². The van der Waals surface area contributed by atoms with Crippen LogP contribution in [0.15, 0.2) is 72.8 Å². The van der Waals surface area contributed by atoms with E-state index in [1.165, 1.54) is 24.9 Å². The fourth-order valence-electron chi connectivity index (χ4n) is 2.92. The van der Waals surface area contributed by atoms with E-state index in [0.29, 0.717) is 22.6 Å². The molecule has 3 rings (SSSR count). The van der Waals surface area contributed by atoms with Crippen LogP contribution in [0.3, 0.4) is 0 Å². The maximum atomic E-state index is 12.6. The molecule has 1 N–H and O–H groups in total. The summed E-state index contributed by atoms with van der Waals surface area (Å²) in [4.78, 5) is 35.5. The SMILES string of the molecule is COc1ccc(CSCC(=O)Nc2cccc(C(=O)c3ccccc3)c2)cc1[N+](=O)[O-]. The Morgan fingerprint density at radius 3 is 2.45 bits per heavy atom. The van der Waals surface area contributed by atoms with Crippen molar-refractivity contribution in [2.45, 2.75) is 5.75 Å². The average Bonchev–Trinajstić information content (AvgIpc) is 2.79. The Bertz CT molecular complexity index is 1100. The van der Waals surface area contributed by atoms with E-state index in [2.05, 4.69) is 5.32 Å². The normalized spacial score (nSPS) is 10.4. The van der Waals surface area contributed by atoms with E-state index >= 15 is 0 Å². The van der Waals surface area contributed by atoms with Gasteiger partial charge in [0.2, 0.25) is 5.91 Å². The molecule has 7 nitrogen and oxygen atoms in total. The van der Waals surface area contributed by atoms with E-state index in [9.17, 15) is 19.7 Å². The Kier molecular flexibility index (Phi) is 7.40. The van der Waals surface area contributed by atoms with E-state index in [0.717, 1.165) is 5.56 Å². The number of nitro groups is 1. The van der Waals surface area contributed by atoms with Crippen molar-refractivity contribution in [3.05, 3.63) is 99.6 Å². The zero-order chi connectivity index (χ0) is 22.2. The number of thioether (sulfide) groups is 1. The number of hydrogen-bond acceptors (Lipinski definition) is 6. The molecule has 31 heavy (non-hydrogen) atoms. The molecule has 3 aromatic rings. The molecular weight excluding hydrogens is 416 g/mol. The van der Waals surface area contributed by atoms with Crippen LogP contribution in [0.1, 0.15) is 21.5 Å². The first-order chi connectivity index (χ1) is 15.0. The van der Waals surface area contributed by atoms with Gasteiger partial charge in [-0.2, -0.15) is 0 Å². The van der Waals surface area contributed by atoms with Gasteiger partial charge in [0.05, 0.1) is 17.8 Å².